The predicted octanol–water partition coefficient (Wildman–Crippen LogP) is 7.41. The topological polar surface area (TPSA) is 44.5 Å². The fourth-order valence-electron chi connectivity index (χ4n) is 6.40. The van der Waals surface area contributed by atoms with Gasteiger partial charge in [-0.3, -0.25) is 0 Å². The van der Waals surface area contributed by atoms with E-state index in [0.717, 1.165) is 50.4 Å². The van der Waals surface area contributed by atoms with Gasteiger partial charge in [0.15, 0.2) is 11.6 Å². The van der Waals surface area contributed by atoms with Crippen LogP contribution in [0.5, 0.6) is 0 Å². The van der Waals surface area contributed by atoms with Crippen LogP contribution in [-0.2, 0) is 25.9 Å². The zero-order chi connectivity index (χ0) is 23.6. The van der Waals surface area contributed by atoms with E-state index in [-0.39, 0.29) is 34.0 Å². The van der Waals surface area contributed by atoms with E-state index >= 15 is 0 Å². The van der Waals surface area contributed by atoms with E-state index in [1.807, 2.05) is 0 Å². The quantitative estimate of drug-likeness (QED) is 0.204. The summed E-state index contributed by atoms with van der Waals surface area (Å²) in [4.78, 5) is 0. The highest BCUT2D eigenvalue weighted by Crippen LogP contribution is 2.37. The van der Waals surface area contributed by atoms with Gasteiger partial charge in [-0.15, -0.1) is 44.2 Å². The van der Waals surface area contributed by atoms with Crippen molar-refractivity contribution in [1.29, 1.82) is 0 Å². The van der Waals surface area contributed by atoms with Crippen LogP contribution in [0.2, 0.25) is 0 Å². The molecule has 0 bridgehead atoms. The van der Waals surface area contributed by atoms with Crippen LogP contribution < -0.4 is 0 Å². The minimum atomic E-state index is 0. The van der Waals surface area contributed by atoms with E-state index in [1.54, 1.807) is 0 Å². The normalized spacial score (nSPS) is 14.6. The van der Waals surface area contributed by atoms with Crippen molar-refractivity contribution in [1.82, 2.24) is 28.4 Å². The molecule has 2 aliphatic heterocycles. The van der Waals surface area contributed by atoms with E-state index < -0.39 is 0 Å². The fourth-order valence-corrected chi connectivity index (χ4v) is 6.40. The maximum Gasteiger partial charge on any atom is 0.200 e. The number of aromatic nitrogens is 6. The molecule has 0 amide bonds. The number of aryl methyl sites for hydroxylation is 4. The van der Waals surface area contributed by atoms with Crippen molar-refractivity contribution >= 4 is 45.3 Å². The van der Waals surface area contributed by atoms with Crippen LogP contribution in [0.4, 0.5) is 0 Å². The predicted molar refractivity (Wildman–Crippen MR) is 163 cm³/mol. The van der Waals surface area contributed by atoms with Gasteiger partial charge in [-0.2, -0.15) is 0 Å². The third-order valence-corrected chi connectivity index (χ3v) is 8.04. The molecule has 0 aliphatic carbocycles. The molecule has 6 heterocycles. The Balaban J connectivity index is 0.00000132. The largest absolute Gasteiger partial charge is 0.306 e. The van der Waals surface area contributed by atoms with E-state index in [4.69, 9.17) is 10.2 Å². The Hall–Kier alpha value is -3.10. The molecular formula is C30H30Br2N6. The zero-order valence-electron chi connectivity index (χ0n) is 21.1. The molecule has 4 aromatic heterocycles. The molecular weight excluding hydrogens is 604 g/mol. The van der Waals surface area contributed by atoms with Gasteiger partial charge < -0.3 is 9.13 Å². The summed E-state index contributed by atoms with van der Waals surface area (Å²) in [5.74, 6) is 1.98. The summed E-state index contributed by atoms with van der Waals surface area (Å²) in [5.41, 5.74) is 10.5. The second-order valence-corrected chi connectivity index (χ2v) is 10.2. The van der Waals surface area contributed by atoms with Gasteiger partial charge >= 0.3 is 0 Å². The van der Waals surface area contributed by atoms with Crippen molar-refractivity contribution in [3.63, 3.8) is 0 Å². The van der Waals surface area contributed by atoms with Gasteiger partial charge in [0.05, 0.1) is 0 Å². The molecule has 0 unspecified atom stereocenters. The number of benzene rings is 2. The molecule has 0 fully saturated rings. The lowest BCUT2D eigenvalue weighted by molar-refractivity contribution is 0.625. The zero-order valence-corrected chi connectivity index (χ0v) is 24.5. The summed E-state index contributed by atoms with van der Waals surface area (Å²) < 4.78 is 9.09. The molecule has 0 spiro atoms. The Morgan fingerprint density at radius 3 is 1.37 bits per heavy atom. The van der Waals surface area contributed by atoms with Crippen LogP contribution in [0.15, 0.2) is 73.1 Å². The highest BCUT2D eigenvalue weighted by Gasteiger charge is 2.28. The molecule has 0 atom stereocenters. The Labute approximate surface area is 242 Å². The number of hydrogen-bond acceptors (Lipinski definition) is 2. The SMILES string of the molecule is Br.Br.c1ccc(-c2cn3nc(-c4nn5cc(-c6ccccc6)c6c5n4CCCC6)n4c3c2CCCC4)cc1. The smallest absolute Gasteiger partial charge is 0.200 e. The number of nitrogens with zero attached hydrogens (tertiary/aromatic N) is 6. The monoisotopic (exact) mass is 632 g/mol. The van der Waals surface area contributed by atoms with Crippen molar-refractivity contribution in [3.8, 4) is 33.9 Å². The van der Waals surface area contributed by atoms with Crippen LogP contribution in [0.3, 0.4) is 0 Å². The summed E-state index contributed by atoms with van der Waals surface area (Å²) in [6.45, 7) is 1.96. The Morgan fingerprint density at radius 2 is 0.947 bits per heavy atom. The molecule has 0 radical (unpaired) electrons. The van der Waals surface area contributed by atoms with Crippen LogP contribution in [0, 0.1) is 0 Å². The standard InChI is InChI=1S/C30H28N6.2BrH/c1-3-11-21(12-4-1)25-19-35-29-23(25)15-7-9-17-33(29)27(31-35)28-32-36-20-26(22-13-5-2-6-14-22)24-16-8-10-18-34(28)30(24)36;;/h1-6,11-14,19-20H,7-10,15-18H2;2*1H. The van der Waals surface area contributed by atoms with E-state index in [1.165, 1.54) is 57.5 Å². The molecule has 0 saturated carbocycles. The molecule has 8 rings (SSSR count). The minimum absolute atomic E-state index is 0. The van der Waals surface area contributed by atoms with Crippen molar-refractivity contribution in [2.45, 2.75) is 51.6 Å². The molecule has 0 saturated heterocycles. The van der Waals surface area contributed by atoms with Crippen molar-refractivity contribution in [2.24, 2.45) is 0 Å². The van der Waals surface area contributed by atoms with Gasteiger partial charge in [-0.1, -0.05) is 60.7 Å². The van der Waals surface area contributed by atoms with Crippen LogP contribution in [0.1, 0.15) is 36.8 Å². The molecule has 8 heteroatoms. The van der Waals surface area contributed by atoms with E-state index in [0.29, 0.717) is 0 Å². The molecule has 38 heavy (non-hydrogen) atoms. The van der Waals surface area contributed by atoms with E-state index in [9.17, 15) is 0 Å². The average molecular weight is 634 g/mol. The van der Waals surface area contributed by atoms with Crippen LogP contribution >= 0.6 is 34.0 Å². The first-order valence-electron chi connectivity index (χ1n) is 13.2. The highest BCUT2D eigenvalue weighted by atomic mass is 79.9. The second kappa shape index (κ2) is 9.89. The van der Waals surface area contributed by atoms with Crippen molar-refractivity contribution in [3.05, 3.63) is 84.2 Å². The maximum absolute atomic E-state index is 5.17. The number of halogens is 2. The Morgan fingerprint density at radius 1 is 0.526 bits per heavy atom. The number of rotatable bonds is 3. The molecule has 6 nitrogen and oxygen atoms in total. The lowest BCUT2D eigenvalue weighted by Crippen LogP contribution is -2.06. The number of hydrogen-bond donors (Lipinski definition) is 0. The van der Waals surface area contributed by atoms with Crippen LogP contribution in [0.25, 0.3) is 45.2 Å². The van der Waals surface area contributed by atoms with Crippen molar-refractivity contribution in [2.75, 3.05) is 0 Å². The Kier molecular flexibility index (Phi) is 6.56. The van der Waals surface area contributed by atoms with Crippen LogP contribution in [-0.4, -0.2) is 28.4 Å². The summed E-state index contributed by atoms with van der Waals surface area (Å²) >= 11 is 0. The first-order valence-corrected chi connectivity index (χ1v) is 13.2. The average Bonchev–Trinajstić information content (AvgIpc) is 3.55. The third kappa shape index (κ3) is 3.72. The summed E-state index contributed by atoms with van der Waals surface area (Å²) in [6, 6.07) is 21.5. The summed E-state index contributed by atoms with van der Waals surface area (Å²) in [6.07, 6.45) is 11.3. The van der Waals surface area contributed by atoms with Gasteiger partial charge in [0.2, 0.25) is 0 Å². The van der Waals surface area contributed by atoms with Gasteiger partial charge in [0.1, 0.15) is 11.3 Å². The lowest BCUT2D eigenvalue weighted by Gasteiger charge is -2.08. The lowest BCUT2D eigenvalue weighted by atomic mass is 10.0. The molecule has 2 aromatic carbocycles. The van der Waals surface area contributed by atoms with E-state index in [2.05, 4.69) is 91.2 Å². The van der Waals surface area contributed by atoms with Gasteiger partial charge in [0, 0.05) is 47.7 Å². The first kappa shape index (κ1) is 25.2. The highest BCUT2D eigenvalue weighted by molar-refractivity contribution is 8.93. The van der Waals surface area contributed by atoms with Gasteiger partial charge in [-0.05, 0) is 49.7 Å². The second-order valence-electron chi connectivity index (χ2n) is 10.2. The van der Waals surface area contributed by atoms with Gasteiger partial charge in [-0.25, -0.2) is 9.03 Å². The summed E-state index contributed by atoms with van der Waals surface area (Å²) in [7, 11) is 0. The first-order chi connectivity index (χ1) is 17.9. The van der Waals surface area contributed by atoms with Crippen molar-refractivity contribution < 1.29 is 0 Å². The minimum Gasteiger partial charge on any atom is -0.306 e. The maximum atomic E-state index is 5.17. The third-order valence-electron chi connectivity index (χ3n) is 8.04. The fraction of sp³-hybridized carbons (Fsp3) is 0.267. The molecule has 2 aliphatic rings. The molecule has 6 aromatic rings. The van der Waals surface area contributed by atoms with Gasteiger partial charge in [0.25, 0.3) is 0 Å². The molecule has 194 valence electrons. The summed E-state index contributed by atoms with van der Waals surface area (Å²) in [5, 5.41) is 10.3. The molecule has 0 N–H and O–H groups in total. The Bertz CT molecular complexity index is 1610.